The van der Waals surface area contributed by atoms with Gasteiger partial charge in [-0.25, -0.2) is 0 Å². The van der Waals surface area contributed by atoms with Crippen LogP contribution in [0.2, 0.25) is 0 Å². The molecule has 1 aromatic carbocycles. The number of ether oxygens (including phenoxy) is 2. The zero-order valence-corrected chi connectivity index (χ0v) is 12.5. The van der Waals surface area contributed by atoms with Crippen LogP contribution in [0.5, 0.6) is 5.75 Å². The first-order chi connectivity index (χ1) is 9.33. The van der Waals surface area contributed by atoms with E-state index in [4.69, 9.17) is 9.47 Å². The van der Waals surface area contributed by atoms with E-state index in [2.05, 4.69) is 30.4 Å². The normalized spacial score (nSPS) is 16.9. The highest BCUT2D eigenvalue weighted by molar-refractivity contribution is 8.00. The van der Waals surface area contributed by atoms with Crippen molar-refractivity contribution in [2.24, 2.45) is 0 Å². The highest BCUT2D eigenvalue weighted by Crippen LogP contribution is 2.27. The number of thioether (sulfide) groups is 1. The number of hydrogen-bond acceptors (Lipinski definition) is 4. The molecule has 1 aliphatic rings. The molecule has 1 atom stereocenters. The van der Waals surface area contributed by atoms with Gasteiger partial charge in [0.15, 0.2) is 0 Å². The lowest BCUT2D eigenvalue weighted by molar-refractivity contribution is 0.0455. The smallest absolute Gasteiger partial charge is 0.119 e. The Morgan fingerprint density at radius 1 is 1.47 bits per heavy atom. The molecule has 0 aromatic heterocycles. The average Bonchev–Trinajstić information content (AvgIpc) is 2.40. The third-order valence-electron chi connectivity index (χ3n) is 3.24. The molecule has 0 radical (unpaired) electrons. The van der Waals surface area contributed by atoms with Gasteiger partial charge in [-0.05, 0) is 30.7 Å². The van der Waals surface area contributed by atoms with Crippen LogP contribution in [0.25, 0.3) is 0 Å². The Balaban J connectivity index is 1.97. The highest BCUT2D eigenvalue weighted by Gasteiger charge is 2.21. The van der Waals surface area contributed by atoms with Gasteiger partial charge in [0.25, 0.3) is 0 Å². The molecular weight excluding hydrogens is 258 g/mol. The molecule has 1 unspecified atom stereocenters. The van der Waals surface area contributed by atoms with Crippen molar-refractivity contribution in [3.05, 3.63) is 29.8 Å². The lowest BCUT2D eigenvalue weighted by atomic mass is 10.1. The van der Waals surface area contributed by atoms with Gasteiger partial charge in [0, 0.05) is 11.8 Å². The van der Waals surface area contributed by atoms with Crippen molar-refractivity contribution in [3.63, 3.8) is 0 Å². The standard InChI is InChI=1S/C15H23NO2S/c1-3-7-16-15(11-19-14-9-18-10-14)12-5-4-6-13(8-12)17-2/h4-6,8,14-16H,3,7,9-11H2,1-2H3. The predicted molar refractivity (Wildman–Crippen MR) is 81.1 cm³/mol. The lowest BCUT2D eigenvalue weighted by Gasteiger charge is -2.28. The minimum Gasteiger partial charge on any atom is -0.497 e. The van der Waals surface area contributed by atoms with Gasteiger partial charge in [-0.2, -0.15) is 11.8 Å². The van der Waals surface area contributed by atoms with Crippen LogP contribution in [-0.4, -0.2) is 37.9 Å². The Labute approximate surface area is 120 Å². The largest absolute Gasteiger partial charge is 0.497 e. The van der Waals surface area contributed by atoms with E-state index >= 15 is 0 Å². The van der Waals surface area contributed by atoms with Gasteiger partial charge in [0.05, 0.1) is 25.6 Å². The topological polar surface area (TPSA) is 30.5 Å². The summed E-state index contributed by atoms with van der Waals surface area (Å²) in [5.74, 6) is 2.01. The van der Waals surface area contributed by atoms with E-state index in [-0.39, 0.29) is 0 Å². The fraction of sp³-hybridized carbons (Fsp3) is 0.600. The second-order valence-corrected chi connectivity index (χ2v) is 6.11. The SMILES string of the molecule is CCCNC(CSC1COC1)c1cccc(OC)c1. The van der Waals surface area contributed by atoms with Crippen LogP contribution in [-0.2, 0) is 4.74 Å². The van der Waals surface area contributed by atoms with Crippen LogP contribution < -0.4 is 10.1 Å². The summed E-state index contributed by atoms with van der Waals surface area (Å²) in [6, 6.07) is 8.75. The van der Waals surface area contributed by atoms with Gasteiger partial charge in [-0.3, -0.25) is 0 Å². The molecule has 0 saturated carbocycles. The van der Waals surface area contributed by atoms with Crippen LogP contribution in [0.1, 0.15) is 24.9 Å². The van der Waals surface area contributed by atoms with Crippen LogP contribution in [0, 0.1) is 0 Å². The van der Waals surface area contributed by atoms with Crippen LogP contribution >= 0.6 is 11.8 Å². The maximum absolute atomic E-state index is 5.31. The van der Waals surface area contributed by atoms with Gasteiger partial charge in [0.1, 0.15) is 5.75 Å². The number of nitrogens with one attached hydrogen (secondary N) is 1. The summed E-state index contributed by atoms with van der Waals surface area (Å²) in [5, 5.41) is 4.30. The molecule has 106 valence electrons. The van der Waals surface area contributed by atoms with Gasteiger partial charge in [-0.1, -0.05) is 19.1 Å². The van der Waals surface area contributed by atoms with E-state index in [0.717, 1.165) is 37.7 Å². The second kappa shape index (κ2) is 7.78. The van der Waals surface area contributed by atoms with Crippen LogP contribution in [0.3, 0.4) is 0 Å². The van der Waals surface area contributed by atoms with Crippen molar-refractivity contribution in [2.45, 2.75) is 24.6 Å². The first-order valence-electron chi connectivity index (χ1n) is 6.90. The van der Waals surface area contributed by atoms with E-state index in [9.17, 15) is 0 Å². The minimum absolute atomic E-state index is 0.389. The molecule has 2 rings (SSSR count). The predicted octanol–water partition coefficient (Wildman–Crippen LogP) is 2.87. The maximum Gasteiger partial charge on any atom is 0.119 e. The van der Waals surface area contributed by atoms with Gasteiger partial charge in [-0.15, -0.1) is 0 Å². The molecule has 0 bridgehead atoms. The molecule has 1 N–H and O–H groups in total. The van der Waals surface area contributed by atoms with E-state index in [0.29, 0.717) is 11.3 Å². The molecule has 1 fully saturated rings. The second-order valence-electron chi connectivity index (χ2n) is 4.78. The molecular formula is C15H23NO2S. The van der Waals surface area contributed by atoms with Crippen LogP contribution in [0.15, 0.2) is 24.3 Å². The molecule has 0 amide bonds. The summed E-state index contributed by atoms with van der Waals surface area (Å²) < 4.78 is 10.5. The van der Waals surface area contributed by atoms with Crippen molar-refractivity contribution in [2.75, 3.05) is 32.6 Å². The first kappa shape index (κ1) is 14.7. The number of hydrogen-bond donors (Lipinski definition) is 1. The Bertz CT molecular complexity index is 382. The molecule has 1 saturated heterocycles. The highest BCUT2D eigenvalue weighted by atomic mass is 32.2. The number of methoxy groups -OCH3 is 1. The Kier molecular flexibility index (Phi) is 6.01. The minimum atomic E-state index is 0.389. The molecule has 4 heteroatoms. The van der Waals surface area contributed by atoms with Crippen molar-refractivity contribution in [1.29, 1.82) is 0 Å². The third kappa shape index (κ3) is 4.41. The van der Waals surface area contributed by atoms with Crippen LogP contribution in [0.4, 0.5) is 0 Å². The van der Waals surface area contributed by atoms with Crippen molar-refractivity contribution in [3.8, 4) is 5.75 Å². The fourth-order valence-electron chi connectivity index (χ4n) is 1.99. The molecule has 1 heterocycles. The molecule has 0 spiro atoms. The summed E-state index contributed by atoms with van der Waals surface area (Å²) in [4.78, 5) is 0. The summed E-state index contributed by atoms with van der Waals surface area (Å²) in [7, 11) is 1.72. The molecule has 3 nitrogen and oxygen atoms in total. The quantitative estimate of drug-likeness (QED) is 0.794. The van der Waals surface area contributed by atoms with E-state index < -0.39 is 0 Å². The fourth-order valence-corrected chi connectivity index (χ4v) is 3.15. The number of benzene rings is 1. The lowest BCUT2D eigenvalue weighted by Crippen LogP contribution is -2.32. The van der Waals surface area contributed by atoms with Gasteiger partial charge in [0.2, 0.25) is 0 Å². The monoisotopic (exact) mass is 281 g/mol. The Hall–Kier alpha value is -0.710. The third-order valence-corrected chi connectivity index (χ3v) is 4.51. The molecule has 0 aliphatic carbocycles. The zero-order chi connectivity index (χ0) is 13.5. The summed E-state index contributed by atoms with van der Waals surface area (Å²) in [6.45, 7) is 5.05. The van der Waals surface area contributed by atoms with Crippen molar-refractivity contribution in [1.82, 2.24) is 5.32 Å². The summed E-state index contributed by atoms with van der Waals surface area (Å²) in [5.41, 5.74) is 1.31. The van der Waals surface area contributed by atoms with Gasteiger partial charge < -0.3 is 14.8 Å². The Morgan fingerprint density at radius 3 is 2.95 bits per heavy atom. The summed E-state index contributed by atoms with van der Waals surface area (Å²) in [6.07, 6.45) is 1.15. The van der Waals surface area contributed by atoms with Crippen molar-refractivity contribution >= 4 is 11.8 Å². The van der Waals surface area contributed by atoms with E-state index in [1.54, 1.807) is 7.11 Å². The molecule has 1 aliphatic heterocycles. The molecule has 19 heavy (non-hydrogen) atoms. The van der Waals surface area contributed by atoms with Gasteiger partial charge >= 0.3 is 0 Å². The van der Waals surface area contributed by atoms with E-state index in [1.165, 1.54) is 5.56 Å². The molecule has 1 aromatic rings. The van der Waals surface area contributed by atoms with Crippen molar-refractivity contribution < 1.29 is 9.47 Å². The summed E-state index contributed by atoms with van der Waals surface area (Å²) >= 11 is 2.00. The van der Waals surface area contributed by atoms with E-state index in [1.807, 2.05) is 17.8 Å². The maximum atomic E-state index is 5.31. The number of rotatable bonds is 8. The zero-order valence-electron chi connectivity index (χ0n) is 11.7. The first-order valence-corrected chi connectivity index (χ1v) is 7.95. The Morgan fingerprint density at radius 2 is 2.32 bits per heavy atom. The average molecular weight is 281 g/mol.